The van der Waals surface area contributed by atoms with E-state index < -0.39 is 11.9 Å². The van der Waals surface area contributed by atoms with Crippen LogP contribution in [-0.4, -0.2) is 23.5 Å². The van der Waals surface area contributed by atoms with Crippen LogP contribution < -0.4 is 5.11 Å². The van der Waals surface area contributed by atoms with E-state index in [0.29, 0.717) is 0 Å². The Bertz CT molecular complexity index is 362. The second-order valence-corrected chi connectivity index (χ2v) is 2.42. The van der Waals surface area contributed by atoms with Gasteiger partial charge in [-0.05, 0) is 19.1 Å². The first-order valence-electron chi connectivity index (χ1n) is 4.00. The summed E-state index contributed by atoms with van der Waals surface area (Å²) in [5.41, 5.74) is -0.316. The monoisotopic (exact) mass is 194 g/mol. The molecule has 0 fully saturated rings. The Balaban J connectivity index is 2.93. The van der Waals surface area contributed by atoms with Crippen molar-refractivity contribution < 1.29 is 19.4 Å². The molecule has 0 saturated heterocycles. The Morgan fingerprint density at radius 2 is 2.07 bits per heavy atom. The molecule has 0 aliphatic heterocycles. The Morgan fingerprint density at radius 3 is 2.64 bits per heavy atom. The fourth-order valence-electron chi connectivity index (χ4n) is 0.867. The van der Waals surface area contributed by atoms with E-state index in [2.05, 4.69) is 9.72 Å². The number of pyridine rings is 1. The van der Waals surface area contributed by atoms with E-state index in [-0.39, 0.29) is 18.0 Å². The Labute approximate surface area is 80.3 Å². The number of carboxylic acid groups (broad SMARTS) is 1. The maximum absolute atomic E-state index is 11.1. The van der Waals surface area contributed by atoms with Gasteiger partial charge in [0.1, 0.15) is 5.69 Å². The molecular weight excluding hydrogens is 186 g/mol. The van der Waals surface area contributed by atoms with Gasteiger partial charge >= 0.3 is 5.97 Å². The summed E-state index contributed by atoms with van der Waals surface area (Å²) in [6.45, 7) is 1.87. The third-order valence-electron chi connectivity index (χ3n) is 1.44. The van der Waals surface area contributed by atoms with E-state index >= 15 is 0 Å². The van der Waals surface area contributed by atoms with Crippen molar-refractivity contribution in [3.05, 3.63) is 29.6 Å². The van der Waals surface area contributed by atoms with Crippen LogP contribution in [0.4, 0.5) is 0 Å². The lowest BCUT2D eigenvalue weighted by Gasteiger charge is -2.04. The van der Waals surface area contributed by atoms with E-state index in [9.17, 15) is 14.7 Å². The van der Waals surface area contributed by atoms with Crippen molar-refractivity contribution >= 4 is 11.9 Å². The molecule has 74 valence electrons. The highest BCUT2D eigenvalue weighted by atomic mass is 16.5. The minimum absolute atomic E-state index is 0.0337. The molecule has 0 N–H and O–H groups in total. The Hall–Kier alpha value is -1.91. The summed E-state index contributed by atoms with van der Waals surface area (Å²) in [6, 6.07) is 4.03. The normalized spacial score (nSPS) is 9.50. The molecule has 0 atom stereocenters. The summed E-state index contributed by atoms with van der Waals surface area (Å²) in [6.07, 6.45) is 0. The fourth-order valence-corrected chi connectivity index (χ4v) is 0.867. The number of hydrogen-bond acceptors (Lipinski definition) is 5. The highest BCUT2D eigenvalue weighted by molar-refractivity contribution is 5.90. The van der Waals surface area contributed by atoms with Crippen LogP contribution in [0.2, 0.25) is 0 Å². The summed E-state index contributed by atoms with van der Waals surface area (Å²) in [5, 5.41) is 10.4. The van der Waals surface area contributed by atoms with E-state index in [1.54, 1.807) is 6.92 Å². The molecule has 0 unspecified atom stereocenters. The number of hydrogen-bond donors (Lipinski definition) is 0. The third-order valence-corrected chi connectivity index (χ3v) is 1.44. The first-order valence-corrected chi connectivity index (χ1v) is 4.00. The topological polar surface area (TPSA) is 79.3 Å². The van der Waals surface area contributed by atoms with Gasteiger partial charge < -0.3 is 14.6 Å². The largest absolute Gasteiger partial charge is 0.543 e. The van der Waals surface area contributed by atoms with Crippen molar-refractivity contribution in [3.63, 3.8) is 0 Å². The number of nitrogens with zero attached hydrogens (tertiary/aromatic N) is 1. The lowest BCUT2D eigenvalue weighted by molar-refractivity contribution is -0.255. The average Bonchev–Trinajstić information content (AvgIpc) is 2.18. The summed E-state index contributed by atoms with van der Waals surface area (Å²) in [4.78, 5) is 25.1. The van der Waals surface area contributed by atoms with Gasteiger partial charge in [0.2, 0.25) is 0 Å². The molecule has 0 radical (unpaired) electrons. The van der Waals surface area contributed by atoms with Crippen molar-refractivity contribution in [1.82, 2.24) is 4.98 Å². The van der Waals surface area contributed by atoms with Gasteiger partial charge in [-0.1, -0.05) is 6.07 Å². The molecule has 1 rings (SSSR count). The maximum atomic E-state index is 11.1. The second kappa shape index (κ2) is 4.36. The van der Waals surface area contributed by atoms with Gasteiger partial charge in [0.25, 0.3) is 0 Å². The van der Waals surface area contributed by atoms with E-state index in [1.807, 2.05) is 0 Å². The predicted octanol–water partition coefficient (Wildman–Crippen LogP) is -0.378. The van der Waals surface area contributed by atoms with Crippen LogP contribution in [0.3, 0.4) is 0 Å². The van der Waals surface area contributed by atoms with Crippen LogP contribution in [0, 0.1) is 0 Å². The molecule has 0 aromatic carbocycles. The number of rotatable bonds is 3. The van der Waals surface area contributed by atoms with Gasteiger partial charge in [-0.15, -0.1) is 0 Å². The maximum Gasteiger partial charge on any atom is 0.356 e. The third kappa shape index (κ3) is 2.29. The van der Waals surface area contributed by atoms with E-state index in [1.165, 1.54) is 18.2 Å². The van der Waals surface area contributed by atoms with Gasteiger partial charge in [0.05, 0.1) is 18.3 Å². The number of carbonyl (C=O) groups is 2. The number of carbonyl (C=O) groups excluding carboxylic acids is 2. The van der Waals surface area contributed by atoms with Crippen molar-refractivity contribution in [2.45, 2.75) is 6.92 Å². The highest BCUT2D eigenvalue weighted by Crippen LogP contribution is 2.00. The van der Waals surface area contributed by atoms with Gasteiger partial charge in [0.15, 0.2) is 0 Å². The summed E-state index contributed by atoms with van der Waals surface area (Å²) >= 11 is 0. The zero-order chi connectivity index (χ0) is 10.6. The minimum atomic E-state index is -1.42. The minimum Gasteiger partial charge on any atom is -0.543 e. The number of carboxylic acids is 1. The molecule has 0 aliphatic rings. The van der Waals surface area contributed by atoms with Crippen LogP contribution >= 0.6 is 0 Å². The fraction of sp³-hybridized carbons (Fsp3) is 0.222. The molecule has 0 aliphatic carbocycles. The zero-order valence-electron chi connectivity index (χ0n) is 7.52. The molecule has 0 bridgehead atoms. The molecule has 0 amide bonds. The van der Waals surface area contributed by atoms with Crippen LogP contribution in [0.15, 0.2) is 18.2 Å². The average molecular weight is 194 g/mol. The molecule has 1 aromatic rings. The van der Waals surface area contributed by atoms with Crippen molar-refractivity contribution in [2.75, 3.05) is 6.61 Å². The lowest BCUT2D eigenvalue weighted by atomic mass is 10.3. The van der Waals surface area contributed by atoms with E-state index in [4.69, 9.17) is 0 Å². The van der Waals surface area contributed by atoms with Crippen molar-refractivity contribution in [1.29, 1.82) is 0 Å². The van der Waals surface area contributed by atoms with Crippen LogP contribution in [0.1, 0.15) is 27.9 Å². The molecule has 0 saturated carbocycles. The number of ether oxygens (including phenoxy) is 1. The standard InChI is InChI=1S/C9H9NO4/c1-2-14-9(13)7-5-3-4-6(10-7)8(11)12/h3-5H,2H2,1H3,(H,11,12)/p-1. The van der Waals surface area contributed by atoms with Crippen LogP contribution in [-0.2, 0) is 4.74 Å². The summed E-state index contributed by atoms with van der Waals surface area (Å²) < 4.78 is 4.65. The van der Waals surface area contributed by atoms with E-state index in [0.717, 1.165) is 0 Å². The highest BCUT2D eigenvalue weighted by Gasteiger charge is 2.08. The van der Waals surface area contributed by atoms with Crippen LogP contribution in [0.25, 0.3) is 0 Å². The molecule has 5 nitrogen and oxygen atoms in total. The molecule has 14 heavy (non-hydrogen) atoms. The van der Waals surface area contributed by atoms with Gasteiger partial charge in [0, 0.05) is 0 Å². The molecule has 1 heterocycles. The van der Waals surface area contributed by atoms with Crippen LogP contribution in [0.5, 0.6) is 0 Å². The quantitative estimate of drug-likeness (QED) is 0.613. The van der Waals surface area contributed by atoms with Gasteiger partial charge in [-0.25, -0.2) is 9.78 Å². The predicted molar refractivity (Wildman–Crippen MR) is 44.5 cm³/mol. The summed E-state index contributed by atoms with van der Waals surface area (Å²) in [7, 11) is 0. The first-order chi connectivity index (χ1) is 6.65. The van der Waals surface area contributed by atoms with Gasteiger partial charge in [-0.2, -0.15) is 0 Å². The lowest BCUT2D eigenvalue weighted by Crippen LogP contribution is -2.24. The molecule has 1 aromatic heterocycles. The van der Waals surface area contributed by atoms with Crippen molar-refractivity contribution in [3.8, 4) is 0 Å². The number of aromatic carboxylic acids is 1. The molecule has 5 heteroatoms. The van der Waals surface area contributed by atoms with Crippen molar-refractivity contribution in [2.24, 2.45) is 0 Å². The molecule has 0 spiro atoms. The van der Waals surface area contributed by atoms with Gasteiger partial charge in [-0.3, -0.25) is 0 Å². The SMILES string of the molecule is CCOC(=O)c1cccc(C(=O)[O-])n1. The smallest absolute Gasteiger partial charge is 0.356 e. The Morgan fingerprint density at radius 1 is 1.43 bits per heavy atom. The molecular formula is C9H8NO4-. The second-order valence-electron chi connectivity index (χ2n) is 2.42. The zero-order valence-corrected chi connectivity index (χ0v) is 7.52. The first kappa shape index (κ1) is 10.2. The number of aromatic nitrogens is 1. The number of esters is 1. The Kier molecular flexibility index (Phi) is 3.17. The summed E-state index contributed by atoms with van der Waals surface area (Å²) in [5.74, 6) is -2.06.